The molecule has 0 unspecified atom stereocenters. The monoisotopic (exact) mass is 405 g/mol. The van der Waals surface area contributed by atoms with Gasteiger partial charge in [-0.05, 0) is 53.6 Å². The molecule has 0 aliphatic heterocycles. The molecular weight excluding hydrogens is 388 g/mol. The maximum Gasteiger partial charge on any atom is 0.161 e. The van der Waals surface area contributed by atoms with Gasteiger partial charge in [0.05, 0.1) is 17.8 Å². The van der Waals surface area contributed by atoms with Crippen LogP contribution < -0.4 is 14.8 Å². The van der Waals surface area contributed by atoms with E-state index in [1.165, 1.54) is 12.1 Å². The predicted molar refractivity (Wildman–Crippen MR) is 108 cm³/mol. The van der Waals surface area contributed by atoms with Crippen molar-refractivity contribution in [1.29, 1.82) is 0 Å². The van der Waals surface area contributed by atoms with Crippen molar-refractivity contribution in [2.75, 3.05) is 12.4 Å². The van der Waals surface area contributed by atoms with E-state index in [2.05, 4.69) is 5.32 Å². The van der Waals surface area contributed by atoms with E-state index in [0.29, 0.717) is 34.7 Å². The number of anilines is 1. The first-order chi connectivity index (χ1) is 13.0. The Kier molecular flexibility index (Phi) is 6.43. The van der Waals surface area contributed by atoms with Crippen molar-refractivity contribution in [3.8, 4) is 11.5 Å². The molecule has 27 heavy (non-hydrogen) atoms. The van der Waals surface area contributed by atoms with Crippen LogP contribution in [0.3, 0.4) is 0 Å². The first kappa shape index (κ1) is 19.3. The summed E-state index contributed by atoms with van der Waals surface area (Å²) in [5, 5.41) is 4.47. The molecule has 0 aliphatic rings. The fourth-order valence-corrected chi connectivity index (χ4v) is 2.87. The third-order valence-electron chi connectivity index (χ3n) is 3.95. The van der Waals surface area contributed by atoms with E-state index in [9.17, 15) is 4.39 Å². The van der Waals surface area contributed by atoms with Crippen LogP contribution in [0.4, 0.5) is 10.1 Å². The van der Waals surface area contributed by atoms with Crippen molar-refractivity contribution in [3.05, 3.63) is 87.7 Å². The summed E-state index contributed by atoms with van der Waals surface area (Å²) in [6.07, 6.45) is 0. The molecule has 140 valence electrons. The lowest BCUT2D eigenvalue weighted by Crippen LogP contribution is -2.02. The quantitative estimate of drug-likeness (QED) is 0.497. The van der Waals surface area contributed by atoms with Crippen molar-refractivity contribution in [3.63, 3.8) is 0 Å². The van der Waals surface area contributed by atoms with Crippen LogP contribution in [0.2, 0.25) is 10.0 Å². The highest BCUT2D eigenvalue weighted by Gasteiger charge is 2.08. The summed E-state index contributed by atoms with van der Waals surface area (Å²) < 4.78 is 24.2. The van der Waals surface area contributed by atoms with Gasteiger partial charge in [0.15, 0.2) is 11.5 Å². The average molecular weight is 406 g/mol. The second-order valence-corrected chi connectivity index (χ2v) is 6.72. The van der Waals surface area contributed by atoms with Crippen LogP contribution in [0, 0.1) is 5.82 Å². The number of rotatable bonds is 7. The van der Waals surface area contributed by atoms with E-state index in [1.807, 2.05) is 18.2 Å². The molecule has 3 aromatic carbocycles. The Morgan fingerprint density at radius 3 is 2.37 bits per heavy atom. The minimum absolute atomic E-state index is 0.270. The Morgan fingerprint density at radius 1 is 0.889 bits per heavy atom. The highest BCUT2D eigenvalue weighted by molar-refractivity contribution is 6.35. The lowest BCUT2D eigenvalue weighted by atomic mass is 10.2. The number of hydrogen-bond acceptors (Lipinski definition) is 3. The van der Waals surface area contributed by atoms with Gasteiger partial charge in [0.1, 0.15) is 12.4 Å². The molecule has 0 heterocycles. The van der Waals surface area contributed by atoms with Crippen molar-refractivity contribution < 1.29 is 13.9 Å². The van der Waals surface area contributed by atoms with Crippen molar-refractivity contribution >= 4 is 28.9 Å². The van der Waals surface area contributed by atoms with Crippen LogP contribution in [0.15, 0.2) is 60.7 Å². The number of benzene rings is 3. The van der Waals surface area contributed by atoms with Crippen LogP contribution in [0.25, 0.3) is 0 Å². The minimum Gasteiger partial charge on any atom is -0.493 e. The number of halogens is 3. The van der Waals surface area contributed by atoms with E-state index in [1.54, 1.807) is 37.4 Å². The van der Waals surface area contributed by atoms with Crippen LogP contribution in [-0.2, 0) is 13.2 Å². The first-order valence-electron chi connectivity index (χ1n) is 8.28. The van der Waals surface area contributed by atoms with Gasteiger partial charge in [-0.3, -0.25) is 0 Å². The fourth-order valence-electron chi connectivity index (χ4n) is 2.51. The van der Waals surface area contributed by atoms with Gasteiger partial charge in [-0.2, -0.15) is 0 Å². The molecule has 0 aromatic heterocycles. The van der Waals surface area contributed by atoms with E-state index in [-0.39, 0.29) is 5.82 Å². The highest BCUT2D eigenvalue weighted by atomic mass is 35.5. The van der Waals surface area contributed by atoms with E-state index in [4.69, 9.17) is 32.7 Å². The Morgan fingerprint density at radius 2 is 1.63 bits per heavy atom. The Hall–Kier alpha value is -2.43. The van der Waals surface area contributed by atoms with E-state index >= 15 is 0 Å². The van der Waals surface area contributed by atoms with Gasteiger partial charge in [0.2, 0.25) is 0 Å². The molecule has 6 heteroatoms. The van der Waals surface area contributed by atoms with Crippen LogP contribution >= 0.6 is 23.2 Å². The highest BCUT2D eigenvalue weighted by Crippen LogP contribution is 2.30. The fraction of sp³-hybridized carbons (Fsp3) is 0.143. The summed E-state index contributed by atoms with van der Waals surface area (Å²) in [6, 6.07) is 17.1. The molecule has 3 aromatic rings. The molecule has 0 bridgehead atoms. The van der Waals surface area contributed by atoms with Gasteiger partial charge < -0.3 is 14.8 Å². The molecule has 0 atom stereocenters. The number of nitrogens with one attached hydrogen (secondary N) is 1. The third-order valence-corrected chi connectivity index (χ3v) is 4.51. The first-order valence-corrected chi connectivity index (χ1v) is 9.04. The smallest absolute Gasteiger partial charge is 0.161 e. The summed E-state index contributed by atoms with van der Waals surface area (Å²) in [5.41, 5.74) is 2.64. The Balaban J connectivity index is 1.66. The molecule has 0 saturated heterocycles. The van der Waals surface area contributed by atoms with Gasteiger partial charge in [-0.25, -0.2) is 4.39 Å². The molecule has 0 spiro atoms. The Bertz CT molecular complexity index is 917. The van der Waals surface area contributed by atoms with Gasteiger partial charge in [0, 0.05) is 11.6 Å². The van der Waals surface area contributed by atoms with Crippen LogP contribution in [0.1, 0.15) is 11.1 Å². The molecule has 3 rings (SSSR count). The number of hydrogen-bond donors (Lipinski definition) is 1. The normalized spacial score (nSPS) is 10.5. The zero-order chi connectivity index (χ0) is 19.2. The molecule has 0 saturated carbocycles. The van der Waals surface area contributed by atoms with E-state index < -0.39 is 0 Å². The molecular formula is C21H18Cl2FNO2. The maximum absolute atomic E-state index is 13.0. The second kappa shape index (κ2) is 8.98. The molecule has 3 nitrogen and oxygen atoms in total. The van der Waals surface area contributed by atoms with Gasteiger partial charge in [-0.15, -0.1) is 0 Å². The van der Waals surface area contributed by atoms with Gasteiger partial charge in [0.25, 0.3) is 0 Å². The summed E-state index contributed by atoms with van der Waals surface area (Å²) >= 11 is 12.2. The molecule has 1 N–H and O–H groups in total. The summed E-state index contributed by atoms with van der Waals surface area (Å²) in [4.78, 5) is 0. The standard InChI is InChI=1S/C21H18Cl2FNO2/c1-26-21-10-15(12-25-19-11-16(22)5-8-18(19)23)4-9-20(21)27-13-14-2-6-17(24)7-3-14/h2-11,25H,12-13H2,1H3. The lowest BCUT2D eigenvalue weighted by Gasteiger charge is -2.14. The van der Waals surface area contributed by atoms with E-state index in [0.717, 1.165) is 16.8 Å². The maximum atomic E-state index is 13.0. The lowest BCUT2D eigenvalue weighted by molar-refractivity contribution is 0.284. The third kappa shape index (κ3) is 5.28. The average Bonchev–Trinajstić information content (AvgIpc) is 2.68. The number of methoxy groups -OCH3 is 1. The molecule has 0 amide bonds. The molecule has 0 aliphatic carbocycles. The zero-order valence-electron chi connectivity index (χ0n) is 14.6. The largest absolute Gasteiger partial charge is 0.493 e. The molecule has 0 radical (unpaired) electrons. The minimum atomic E-state index is -0.270. The van der Waals surface area contributed by atoms with Crippen molar-refractivity contribution in [1.82, 2.24) is 0 Å². The summed E-state index contributed by atoms with van der Waals surface area (Å²) in [6.45, 7) is 0.876. The second-order valence-electron chi connectivity index (χ2n) is 5.88. The molecule has 0 fully saturated rings. The van der Waals surface area contributed by atoms with Gasteiger partial charge in [-0.1, -0.05) is 41.4 Å². The summed E-state index contributed by atoms with van der Waals surface area (Å²) in [5.74, 6) is 0.966. The van der Waals surface area contributed by atoms with Crippen molar-refractivity contribution in [2.45, 2.75) is 13.2 Å². The van der Waals surface area contributed by atoms with Gasteiger partial charge >= 0.3 is 0 Å². The van der Waals surface area contributed by atoms with Crippen molar-refractivity contribution in [2.24, 2.45) is 0 Å². The topological polar surface area (TPSA) is 30.5 Å². The summed E-state index contributed by atoms with van der Waals surface area (Å²) in [7, 11) is 1.59. The predicted octanol–water partition coefficient (Wildman–Crippen LogP) is 6.33. The SMILES string of the molecule is COc1cc(CNc2cc(Cl)ccc2Cl)ccc1OCc1ccc(F)cc1. The zero-order valence-corrected chi connectivity index (χ0v) is 16.1. The Labute approximate surface area is 167 Å². The number of ether oxygens (including phenoxy) is 2. The van der Waals surface area contributed by atoms with Crippen LogP contribution in [-0.4, -0.2) is 7.11 Å². The van der Waals surface area contributed by atoms with Crippen LogP contribution in [0.5, 0.6) is 11.5 Å².